The Hall–Kier alpha value is -0.920. The summed E-state index contributed by atoms with van der Waals surface area (Å²) in [6.45, 7) is 0. The minimum atomic E-state index is -0.334. The van der Waals surface area contributed by atoms with Gasteiger partial charge in [0.15, 0.2) is 4.34 Å². The first-order chi connectivity index (χ1) is 8.70. The highest BCUT2D eigenvalue weighted by molar-refractivity contribution is 9.10. The van der Waals surface area contributed by atoms with E-state index in [2.05, 4.69) is 30.0 Å². The van der Waals surface area contributed by atoms with Crippen LogP contribution in [-0.4, -0.2) is 22.4 Å². The summed E-state index contributed by atoms with van der Waals surface area (Å²) in [5.41, 5.74) is 1.64. The van der Waals surface area contributed by atoms with Gasteiger partial charge < -0.3 is 4.74 Å². The van der Waals surface area contributed by atoms with Crippen molar-refractivity contribution in [3.63, 3.8) is 0 Å². The molecule has 0 N–H and O–H groups in total. The van der Waals surface area contributed by atoms with Crippen molar-refractivity contribution >= 4 is 45.2 Å². The highest BCUT2D eigenvalue weighted by atomic mass is 79.9. The average Bonchev–Trinajstić information content (AvgIpc) is 2.89. The molecule has 0 atom stereocenters. The van der Waals surface area contributed by atoms with Gasteiger partial charge in [0.1, 0.15) is 6.33 Å². The second-order valence-corrected chi connectivity index (χ2v) is 6.15. The first kappa shape index (κ1) is 13.5. The second-order valence-electron chi connectivity index (χ2n) is 3.29. The number of rotatable bonds is 4. The molecule has 4 nitrogen and oxygen atoms in total. The van der Waals surface area contributed by atoms with Crippen LogP contribution in [0.15, 0.2) is 33.3 Å². The molecule has 0 radical (unpaired) electrons. The number of carbonyl (C=O) groups is 1. The molecule has 0 bridgehead atoms. The summed E-state index contributed by atoms with van der Waals surface area (Å²) in [5.74, 6) is 0.441. The van der Waals surface area contributed by atoms with Crippen molar-refractivity contribution in [1.82, 2.24) is 9.36 Å². The Morgan fingerprint density at radius 2 is 2.39 bits per heavy atom. The molecular formula is C11H9BrN2O2S2. The van der Waals surface area contributed by atoms with Gasteiger partial charge in [0, 0.05) is 10.2 Å². The molecule has 0 saturated carbocycles. The van der Waals surface area contributed by atoms with Crippen LogP contribution in [0.2, 0.25) is 0 Å². The number of hydrogen-bond acceptors (Lipinski definition) is 6. The molecule has 0 spiro atoms. The number of benzene rings is 1. The SMILES string of the molecule is COC(=O)c1ccc(CSc2ncns2)c(Br)c1. The third kappa shape index (κ3) is 3.30. The van der Waals surface area contributed by atoms with Gasteiger partial charge in [-0.1, -0.05) is 33.8 Å². The molecule has 0 saturated heterocycles. The van der Waals surface area contributed by atoms with Gasteiger partial charge in [0.25, 0.3) is 0 Å². The molecule has 0 aliphatic heterocycles. The van der Waals surface area contributed by atoms with E-state index in [0.29, 0.717) is 5.56 Å². The zero-order valence-electron chi connectivity index (χ0n) is 9.42. The third-order valence-corrected chi connectivity index (χ3v) is 4.75. The van der Waals surface area contributed by atoms with E-state index in [1.807, 2.05) is 6.07 Å². The molecule has 0 aliphatic rings. The molecule has 1 aromatic carbocycles. The van der Waals surface area contributed by atoms with Crippen LogP contribution in [0.3, 0.4) is 0 Å². The molecule has 0 fully saturated rings. The normalized spacial score (nSPS) is 10.3. The van der Waals surface area contributed by atoms with Gasteiger partial charge in [0.2, 0.25) is 0 Å². The Balaban J connectivity index is 2.08. The number of ether oxygens (including phenoxy) is 1. The maximum absolute atomic E-state index is 11.4. The van der Waals surface area contributed by atoms with E-state index in [1.165, 1.54) is 18.6 Å². The fraction of sp³-hybridized carbons (Fsp3) is 0.182. The Morgan fingerprint density at radius 1 is 1.56 bits per heavy atom. The van der Waals surface area contributed by atoms with Gasteiger partial charge in [-0.05, 0) is 29.2 Å². The molecule has 2 aromatic rings. The van der Waals surface area contributed by atoms with Crippen LogP contribution in [0.5, 0.6) is 0 Å². The smallest absolute Gasteiger partial charge is 0.337 e. The summed E-state index contributed by atoms with van der Waals surface area (Å²) < 4.78 is 10.4. The molecule has 0 aliphatic carbocycles. The van der Waals surface area contributed by atoms with E-state index >= 15 is 0 Å². The Bertz CT molecular complexity index is 546. The van der Waals surface area contributed by atoms with Crippen molar-refractivity contribution in [1.29, 1.82) is 0 Å². The van der Waals surface area contributed by atoms with E-state index in [1.54, 1.807) is 30.2 Å². The molecule has 2 rings (SSSR count). The molecule has 1 heterocycles. The van der Waals surface area contributed by atoms with Crippen molar-refractivity contribution in [3.05, 3.63) is 40.1 Å². The number of halogens is 1. The molecule has 94 valence electrons. The number of esters is 1. The molecule has 1 aromatic heterocycles. The Morgan fingerprint density at radius 3 is 3.00 bits per heavy atom. The summed E-state index contributed by atoms with van der Waals surface area (Å²) >= 11 is 6.44. The lowest BCUT2D eigenvalue weighted by atomic mass is 10.1. The lowest BCUT2D eigenvalue weighted by molar-refractivity contribution is 0.0600. The Kier molecular flexibility index (Phi) is 4.73. The number of thioether (sulfide) groups is 1. The fourth-order valence-electron chi connectivity index (χ4n) is 1.28. The summed E-state index contributed by atoms with van der Waals surface area (Å²) in [6, 6.07) is 5.43. The van der Waals surface area contributed by atoms with Crippen LogP contribution < -0.4 is 0 Å². The lowest BCUT2D eigenvalue weighted by Gasteiger charge is -2.05. The third-order valence-electron chi connectivity index (χ3n) is 2.17. The maximum Gasteiger partial charge on any atom is 0.337 e. The first-order valence-corrected chi connectivity index (χ1v) is 7.52. The van der Waals surface area contributed by atoms with E-state index in [9.17, 15) is 4.79 Å². The quantitative estimate of drug-likeness (QED) is 0.628. The lowest BCUT2D eigenvalue weighted by Crippen LogP contribution is -2.01. The zero-order chi connectivity index (χ0) is 13.0. The van der Waals surface area contributed by atoms with Crippen LogP contribution in [-0.2, 0) is 10.5 Å². The van der Waals surface area contributed by atoms with Crippen molar-refractivity contribution in [2.24, 2.45) is 0 Å². The predicted molar refractivity (Wildman–Crippen MR) is 75.0 cm³/mol. The van der Waals surface area contributed by atoms with Crippen LogP contribution in [0, 0.1) is 0 Å². The number of nitrogens with zero attached hydrogens (tertiary/aromatic N) is 2. The number of hydrogen-bond donors (Lipinski definition) is 0. The number of methoxy groups -OCH3 is 1. The van der Waals surface area contributed by atoms with Crippen molar-refractivity contribution in [2.75, 3.05) is 7.11 Å². The maximum atomic E-state index is 11.4. The molecular weight excluding hydrogens is 336 g/mol. The summed E-state index contributed by atoms with van der Waals surface area (Å²) in [7, 11) is 1.37. The average molecular weight is 345 g/mol. The van der Waals surface area contributed by atoms with Gasteiger partial charge >= 0.3 is 5.97 Å². The van der Waals surface area contributed by atoms with Gasteiger partial charge in [-0.3, -0.25) is 0 Å². The molecule has 18 heavy (non-hydrogen) atoms. The predicted octanol–water partition coefficient (Wildman–Crippen LogP) is 3.38. The Labute approximate surface area is 121 Å². The van der Waals surface area contributed by atoms with Gasteiger partial charge in [0.05, 0.1) is 12.7 Å². The first-order valence-electron chi connectivity index (χ1n) is 4.97. The summed E-state index contributed by atoms with van der Waals surface area (Å²) in [6.07, 6.45) is 1.54. The standard InChI is InChI=1S/C11H9BrN2O2S2/c1-16-10(15)7-2-3-8(9(12)4-7)5-17-11-13-6-14-18-11/h2-4,6H,5H2,1H3. The van der Waals surface area contributed by atoms with Crippen LogP contribution in [0.25, 0.3) is 0 Å². The molecule has 7 heteroatoms. The monoisotopic (exact) mass is 344 g/mol. The number of carbonyl (C=O) groups excluding carboxylic acids is 1. The second kappa shape index (κ2) is 6.31. The van der Waals surface area contributed by atoms with Crippen molar-refractivity contribution in [3.8, 4) is 0 Å². The van der Waals surface area contributed by atoms with E-state index < -0.39 is 0 Å². The highest BCUT2D eigenvalue weighted by Crippen LogP contribution is 2.28. The van der Waals surface area contributed by atoms with E-state index in [-0.39, 0.29) is 5.97 Å². The summed E-state index contributed by atoms with van der Waals surface area (Å²) in [4.78, 5) is 15.5. The van der Waals surface area contributed by atoms with Crippen molar-refractivity contribution in [2.45, 2.75) is 10.1 Å². The zero-order valence-corrected chi connectivity index (χ0v) is 12.6. The highest BCUT2D eigenvalue weighted by Gasteiger charge is 2.09. The van der Waals surface area contributed by atoms with Crippen LogP contribution >= 0.6 is 39.2 Å². The minimum absolute atomic E-state index is 0.334. The fourth-order valence-corrected chi connectivity index (χ4v) is 3.43. The van der Waals surface area contributed by atoms with E-state index in [0.717, 1.165) is 20.1 Å². The summed E-state index contributed by atoms with van der Waals surface area (Å²) in [5, 5.41) is 0. The number of aromatic nitrogens is 2. The van der Waals surface area contributed by atoms with Gasteiger partial charge in [-0.15, -0.1) is 0 Å². The largest absolute Gasteiger partial charge is 0.465 e. The molecule has 0 unspecified atom stereocenters. The van der Waals surface area contributed by atoms with Gasteiger partial charge in [-0.25, -0.2) is 9.78 Å². The van der Waals surface area contributed by atoms with Crippen LogP contribution in [0.1, 0.15) is 15.9 Å². The topological polar surface area (TPSA) is 52.1 Å². The van der Waals surface area contributed by atoms with Crippen LogP contribution in [0.4, 0.5) is 0 Å². The molecule has 0 amide bonds. The van der Waals surface area contributed by atoms with Crippen molar-refractivity contribution < 1.29 is 9.53 Å². The van der Waals surface area contributed by atoms with E-state index in [4.69, 9.17) is 0 Å². The van der Waals surface area contributed by atoms with Gasteiger partial charge in [-0.2, -0.15) is 4.37 Å². The minimum Gasteiger partial charge on any atom is -0.465 e.